The molecule has 19 heavy (non-hydrogen) atoms. The molecule has 0 aliphatic heterocycles. The van der Waals surface area contributed by atoms with E-state index in [0.717, 1.165) is 11.1 Å². The molecule has 0 bridgehead atoms. The quantitative estimate of drug-likeness (QED) is 0.521. The lowest BCUT2D eigenvalue weighted by atomic mass is 10.3. The Kier molecular flexibility index (Phi) is 8.11. The molecule has 0 heterocycles. The second kappa shape index (κ2) is 8.18. The topological polar surface area (TPSA) is 83.8 Å². The zero-order valence-electron chi connectivity index (χ0n) is 12.0. The standard InChI is InChI=1S/C12H24O5P2/c1-11(2)7-5-9-18(13,14)17-19(15,16)10-6-8-12(3)4/h7-8H,5-6,9-10H2,1-4H3,(H,13,14)(H,15,16). The van der Waals surface area contributed by atoms with Gasteiger partial charge in [-0.2, -0.15) is 0 Å². The minimum absolute atomic E-state index is 0.147. The molecule has 0 aliphatic carbocycles. The van der Waals surface area contributed by atoms with Crippen LogP contribution in [0.2, 0.25) is 0 Å². The highest BCUT2D eigenvalue weighted by atomic mass is 31.3. The van der Waals surface area contributed by atoms with Gasteiger partial charge < -0.3 is 9.79 Å². The van der Waals surface area contributed by atoms with Crippen molar-refractivity contribution in [1.29, 1.82) is 0 Å². The van der Waals surface area contributed by atoms with Crippen molar-refractivity contribution in [1.82, 2.24) is 0 Å². The van der Waals surface area contributed by atoms with E-state index >= 15 is 0 Å². The summed E-state index contributed by atoms with van der Waals surface area (Å²) >= 11 is 0. The maximum atomic E-state index is 11.7. The van der Waals surface area contributed by atoms with E-state index in [-0.39, 0.29) is 12.3 Å². The lowest BCUT2D eigenvalue weighted by molar-refractivity contribution is 0.332. The Labute approximate surface area is 115 Å². The maximum Gasteiger partial charge on any atom is 0.335 e. The molecular formula is C12H24O5P2. The molecule has 0 rings (SSSR count). The number of rotatable bonds is 8. The van der Waals surface area contributed by atoms with Crippen LogP contribution in [0.15, 0.2) is 23.3 Å². The van der Waals surface area contributed by atoms with Crippen LogP contribution >= 0.6 is 15.2 Å². The first-order chi connectivity index (χ1) is 8.54. The van der Waals surface area contributed by atoms with Crippen LogP contribution in [0.25, 0.3) is 0 Å². The lowest BCUT2D eigenvalue weighted by Gasteiger charge is -2.15. The van der Waals surface area contributed by atoms with Gasteiger partial charge in [-0.3, -0.25) is 9.13 Å². The van der Waals surface area contributed by atoms with Gasteiger partial charge in [0.15, 0.2) is 0 Å². The highest BCUT2D eigenvalue weighted by Gasteiger charge is 2.30. The Bertz CT molecular complexity index is 391. The molecule has 0 saturated carbocycles. The van der Waals surface area contributed by atoms with Gasteiger partial charge in [0.05, 0.1) is 12.3 Å². The first-order valence-electron chi connectivity index (χ1n) is 6.16. The number of allylic oxidation sites excluding steroid dienone is 4. The molecular weight excluding hydrogens is 286 g/mol. The highest BCUT2D eigenvalue weighted by molar-refractivity contribution is 7.66. The van der Waals surface area contributed by atoms with E-state index in [1.807, 2.05) is 27.7 Å². The molecule has 0 fully saturated rings. The minimum atomic E-state index is -4.01. The molecule has 2 N–H and O–H groups in total. The first-order valence-corrected chi connectivity index (χ1v) is 9.68. The molecule has 0 spiro atoms. The molecule has 2 unspecified atom stereocenters. The van der Waals surface area contributed by atoms with Crippen molar-refractivity contribution in [2.45, 2.75) is 40.5 Å². The molecule has 0 aromatic heterocycles. The van der Waals surface area contributed by atoms with E-state index in [1.54, 1.807) is 12.2 Å². The van der Waals surface area contributed by atoms with Crippen LogP contribution in [0.1, 0.15) is 40.5 Å². The Morgan fingerprint density at radius 1 is 0.895 bits per heavy atom. The predicted octanol–water partition coefficient (Wildman–Crippen LogP) is 4.09. The predicted molar refractivity (Wildman–Crippen MR) is 78.6 cm³/mol. The fourth-order valence-corrected chi connectivity index (χ4v) is 4.47. The number of hydrogen-bond donors (Lipinski definition) is 2. The Balaban J connectivity index is 4.38. The lowest BCUT2D eigenvalue weighted by Crippen LogP contribution is -1.96. The Morgan fingerprint density at radius 3 is 1.47 bits per heavy atom. The van der Waals surface area contributed by atoms with Crippen LogP contribution in [0.3, 0.4) is 0 Å². The van der Waals surface area contributed by atoms with E-state index in [2.05, 4.69) is 4.31 Å². The molecule has 0 aromatic carbocycles. The van der Waals surface area contributed by atoms with E-state index in [9.17, 15) is 18.9 Å². The van der Waals surface area contributed by atoms with Gasteiger partial charge in [0.2, 0.25) is 0 Å². The second-order valence-corrected chi connectivity index (χ2v) is 9.04. The van der Waals surface area contributed by atoms with Gasteiger partial charge in [0.1, 0.15) is 0 Å². The third kappa shape index (κ3) is 11.4. The van der Waals surface area contributed by atoms with Crippen molar-refractivity contribution in [3.63, 3.8) is 0 Å². The molecule has 2 atom stereocenters. The monoisotopic (exact) mass is 310 g/mol. The summed E-state index contributed by atoms with van der Waals surface area (Å²) < 4.78 is 27.9. The molecule has 7 heteroatoms. The van der Waals surface area contributed by atoms with Crippen molar-refractivity contribution < 1.29 is 23.2 Å². The Morgan fingerprint density at radius 2 is 1.21 bits per heavy atom. The second-order valence-electron chi connectivity index (χ2n) is 4.94. The van der Waals surface area contributed by atoms with E-state index in [0.29, 0.717) is 12.8 Å². The summed E-state index contributed by atoms with van der Waals surface area (Å²) in [6, 6.07) is 0. The fourth-order valence-electron chi connectivity index (χ4n) is 1.31. The Hall–Kier alpha value is -0.180. The van der Waals surface area contributed by atoms with Gasteiger partial charge in [-0.1, -0.05) is 23.3 Å². The smallest absolute Gasteiger partial charge is 0.324 e. The third-order valence-corrected chi connectivity index (χ3v) is 5.87. The maximum absolute atomic E-state index is 11.7. The van der Waals surface area contributed by atoms with Crippen LogP contribution in [-0.4, -0.2) is 22.1 Å². The first kappa shape index (κ1) is 18.8. The summed E-state index contributed by atoms with van der Waals surface area (Å²) in [6.07, 6.45) is 3.99. The van der Waals surface area contributed by atoms with Gasteiger partial charge in [-0.15, -0.1) is 0 Å². The summed E-state index contributed by atoms with van der Waals surface area (Å²) in [5, 5.41) is 0. The van der Waals surface area contributed by atoms with Crippen LogP contribution in [0.5, 0.6) is 0 Å². The summed E-state index contributed by atoms with van der Waals surface area (Å²) in [7, 11) is -8.03. The van der Waals surface area contributed by atoms with E-state index in [1.165, 1.54) is 0 Å². The number of hydrogen-bond acceptors (Lipinski definition) is 3. The van der Waals surface area contributed by atoms with Gasteiger partial charge in [0.25, 0.3) is 0 Å². The molecule has 0 radical (unpaired) electrons. The average Bonchev–Trinajstić information content (AvgIpc) is 2.12. The van der Waals surface area contributed by atoms with Crippen molar-refractivity contribution in [3.8, 4) is 0 Å². The van der Waals surface area contributed by atoms with Crippen LogP contribution in [-0.2, 0) is 13.4 Å². The van der Waals surface area contributed by atoms with Crippen molar-refractivity contribution in [3.05, 3.63) is 23.3 Å². The van der Waals surface area contributed by atoms with E-state index in [4.69, 9.17) is 0 Å². The van der Waals surface area contributed by atoms with Gasteiger partial charge in [-0.25, -0.2) is 4.31 Å². The highest BCUT2D eigenvalue weighted by Crippen LogP contribution is 2.59. The molecule has 112 valence electrons. The normalized spacial score (nSPS) is 17.2. The molecule has 5 nitrogen and oxygen atoms in total. The van der Waals surface area contributed by atoms with Crippen molar-refractivity contribution in [2.24, 2.45) is 0 Å². The third-order valence-electron chi connectivity index (χ3n) is 2.18. The zero-order chi connectivity index (χ0) is 15.1. The van der Waals surface area contributed by atoms with Crippen LogP contribution in [0.4, 0.5) is 0 Å². The van der Waals surface area contributed by atoms with Crippen LogP contribution < -0.4 is 0 Å². The van der Waals surface area contributed by atoms with Crippen molar-refractivity contribution >= 4 is 15.2 Å². The summed E-state index contributed by atoms with van der Waals surface area (Å²) in [6.45, 7) is 7.50. The van der Waals surface area contributed by atoms with Gasteiger partial charge in [0, 0.05) is 0 Å². The summed E-state index contributed by atoms with van der Waals surface area (Å²) in [5.41, 5.74) is 2.05. The van der Waals surface area contributed by atoms with Gasteiger partial charge in [-0.05, 0) is 40.5 Å². The molecule has 0 saturated heterocycles. The van der Waals surface area contributed by atoms with Gasteiger partial charge >= 0.3 is 15.2 Å². The SMILES string of the molecule is CC(C)=CCCP(=O)(O)OP(=O)(O)CCC=C(C)C. The summed E-state index contributed by atoms with van der Waals surface area (Å²) in [4.78, 5) is 19.1. The average molecular weight is 310 g/mol. The molecule has 0 aliphatic rings. The van der Waals surface area contributed by atoms with E-state index < -0.39 is 15.2 Å². The summed E-state index contributed by atoms with van der Waals surface area (Å²) in [5.74, 6) is 0. The molecule has 0 aromatic rings. The fraction of sp³-hybridized carbons (Fsp3) is 0.667. The minimum Gasteiger partial charge on any atom is -0.324 e. The largest absolute Gasteiger partial charge is 0.335 e. The molecule has 0 amide bonds. The van der Waals surface area contributed by atoms with Crippen LogP contribution in [0, 0.1) is 0 Å². The zero-order valence-corrected chi connectivity index (χ0v) is 13.8. The van der Waals surface area contributed by atoms with Crippen molar-refractivity contribution in [2.75, 3.05) is 12.3 Å².